The standard InChI is InChI=1S/C19H31N3/c1-3-5-7-9-11-16(12-10-8-6-4-2)18-17-13-14-20-19(17)22-15-21-18/h13-16H,3-12H2,1-2H3,(H,20,21,22). The van der Waals surface area contributed by atoms with Crippen molar-refractivity contribution in [3.63, 3.8) is 0 Å². The Morgan fingerprint density at radius 1 is 0.909 bits per heavy atom. The molecule has 3 nitrogen and oxygen atoms in total. The first kappa shape index (κ1) is 17.0. The molecular formula is C19H31N3. The molecule has 0 saturated heterocycles. The Labute approximate surface area is 135 Å². The second-order valence-electron chi connectivity index (χ2n) is 6.39. The maximum absolute atomic E-state index is 4.65. The molecule has 0 spiro atoms. The van der Waals surface area contributed by atoms with Crippen molar-refractivity contribution in [2.45, 2.75) is 84.0 Å². The van der Waals surface area contributed by atoms with Gasteiger partial charge in [-0.1, -0.05) is 65.2 Å². The highest BCUT2D eigenvalue weighted by molar-refractivity contribution is 5.78. The minimum Gasteiger partial charge on any atom is -0.346 e. The SMILES string of the molecule is CCCCCCC(CCCCCC)c1ncnc2[nH]ccc12. The van der Waals surface area contributed by atoms with Crippen LogP contribution in [-0.4, -0.2) is 15.0 Å². The molecule has 0 unspecified atom stereocenters. The van der Waals surface area contributed by atoms with Gasteiger partial charge >= 0.3 is 0 Å². The number of nitrogens with one attached hydrogen (secondary N) is 1. The normalized spacial score (nSPS) is 11.6. The van der Waals surface area contributed by atoms with Crippen molar-refractivity contribution < 1.29 is 0 Å². The molecule has 0 bridgehead atoms. The monoisotopic (exact) mass is 301 g/mol. The first-order valence-corrected chi connectivity index (χ1v) is 9.14. The van der Waals surface area contributed by atoms with E-state index in [1.165, 1.54) is 75.3 Å². The molecule has 3 heteroatoms. The summed E-state index contributed by atoms with van der Waals surface area (Å²) in [5.74, 6) is 0.593. The van der Waals surface area contributed by atoms with Gasteiger partial charge in [0.2, 0.25) is 0 Å². The zero-order valence-electron chi connectivity index (χ0n) is 14.3. The van der Waals surface area contributed by atoms with Gasteiger partial charge in [-0.2, -0.15) is 0 Å². The van der Waals surface area contributed by atoms with Crippen molar-refractivity contribution in [1.82, 2.24) is 15.0 Å². The van der Waals surface area contributed by atoms with Gasteiger partial charge in [-0.25, -0.2) is 9.97 Å². The summed E-state index contributed by atoms with van der Waals surface area (Å²) in [6, 6.07) is 2.13. The van der Waals surface area contributed by atoms with Gasteiger partial charge in [-0.15, -0.1) is 0 Å². The summed E-state index contributed by atoms with van der Waals surface area (Å²) in [4.78, 5) is 12.2. The molecule has 1 N–H and O–H groups in total. The molecule has 0 aliphatic heterocycles. The van der Waals surface area contributed by atoms with E-state index in [1.54, 1.807) is 6.33 Å². The summed E-state index contributed by atoms with van der Waals surface area (Å²) in [6.07, 6.45) is 16.9. The Balaban J connectivity index is 2.03. The number of aromatic amines is 1. The summed E-state index contributed by atoms with van der Waals surface area (Å²) < 4.78 is 0. The number of nitrogens with zero attached hydrogens (tertiary/aromatic N) is 2. The van der Waals surface area contributed by atoms with E-state index in [0.29, 0.717) is 5.92 Å². The highest BCUT2D eigenvalue weighted by Gasteiger charge is 2.16. The minimum atomic E-state index is 0.593. The smallest absolute Gasteiger partial charge is 0.140 e. The summed E-state index contributed by atoms with van der Waals surface area (Å²) in [7, 11) is 0. The molecule has 0 atom stereocenters. The van der Waals surface area contributed by atoms with Crippen molar-refractivity contribution in [1.29, 1.82) is 0 Å². The van der Waals surface area contributed by atoms with Crippen LogP contribution in [0.25, 0.3) is 11.0 Å². The lowest BCUT2D eigenvalue weighted by Gasteiger charge is -2.17. The van der Waals surface area contributed by atoms with Crippen molar-refractivity contribution in [2.24, 2.45) is 0 Å². The third kappa shape index (κ3) is 4.82. The molecule has 2 aromatic heterocycles. The average molecular weight is 301 g/mol. The van der Waals surface area contributed by atoms with Crippen LogP contribution >= 0.6 is 0 Å². The van der Waals surface area contributed by atoms with Gasteiger partial charge in [0, 0.05) is 17.5 Å². The maximum atomic E-state index is 4.65. The van der Waals surface area contributed by atoms with Crippen LogP contribution in [0.4, 0.5) is 0 Å². The molecule has 0 amide bonds. The topological polar surface area (TPSA) is 41.6 Å². The molecule has 2 rings (SSSR count). The van der Waals surface area contributed by atoms with E-state index in [0.717, 1.165) is 5.65 Å². The zero-order valence-corrected chi connectivity index (χ0v) is 14.3. The molecule has 122 valence electrons. The Hall–Kier alpha value is -1.38. The second-order valence-corrected chi connectivity index (χ2v) is 6.39. The third-order valence-corrected chi connectivity index (χ3v) is 4.58. The van der Waals surface area contributed by atoms with Crippen LogP contribution in [0.1, 0.15) is 89.7 Å². The Bertz CT molecular complexity index is 520. The molecule has 0 fully saturated rings. The Kier molecular flexibility index (Phi) is 7.41. The number of H-pyrrole nitrogens is 1. The summed E-state index contributed by atoms with van der Waals surface area (Å²) in [5.41, 5.74) is 2.25. The molecule has 0 aliphatic carbocycles. The lowest BCUT2D eigenvalue weighted by molar-refractivity contribution is 0.491. The van der Waals surface area contributed by atoms with E-state index in [2.05, 4.69) is 34.9 Å². The minimum absolute atomic E-state index is 0.593. The number of rotatable bonds is 11. The molecule has 2 aromatic rings. The van der Waals surface area contributed by atoms with Crippen LogP contribution in [0.2, 0.25) is 0 Å². The van der Waals surface area contributed by atoms with Gasteiger partial charge in [-0.05, 0) is 18.9 Å². The van der Waals surface area contributed by atoms with Crippen molar-refractivity contribution in [3.05, 3.63) is 24.3 Å². The number of hydrogen-bond acceptors (Lipinski definition) is 2. The van der Waals surface area contributed by atoms with Crippen LogP contribution < -0.4 is 0 Å². The first-order valence-electron chi connectivity index (χ1n) is 9.14. The van der Waals surface area contributed by atoms with E-state index < -0.39 is 0 Å². The van der Waals surface area contributed by atoms with Crippen molar-refractivity contribution >= 4 is 11.0 Å². The van der Waals surface area contributed by atoms with Gasteiger partial charge in [0.15, 0.2) is 0 Å². The first-order chi connectivity index (χ1) is 10.9. The van der Waals surface area contributed by atoms with Gasteiger partial charge in [-0.3, -0.25) is 0 Å². The number of hydrogen-bond donors (Lipinski definition) is 1. The quantitative estimate of drug-likeness (QED) is 0.518. The van der Waals surface area contributed by atoms with Crippen LogP contribution in [0.3, 0.4) is 0 Å². The van der Waals surface area contributed by atoms with Crippen LogP contribution in [0.5, 0.6) is 0 Å². The third-order valence-electron chi connectivity index (χ3n) is 4.58. The predicted molar refractivity (Wildman–Crippen MR) is 94.1 cm³/mol. The van der Waals surface area contributed by atoms with Gasteiger partial charge in [0.1, 0.15) is 12.0 Å². The number of fused-ring (bicyclic) bond motifs is 1. The number of unbranched alkanes of at least 4 members (excludes halogenated alkanes) is 6. The highest BCUT2D eigenvalue weighted by Crippen LogP contribution is 2.31. The zero-order chi connectivity index (χ0) is 15.6. The highest BCUT2D eigenvalue weighted by atomic mass is 14.9. The van der Waals surface area contributed by atoms with E-state index in [-0.39, 0.29) is 0 Å². The molecule has 0 aromatic carbocycles. The molecule has 22 heavy (non-hydrogen) atoms. The van der Waals surface area contributed by atoms with Crippen LogP contribution in [-0.2, 0) is 0 Å². The average Bonchev–Trinajstić information content (AvgIpc) is 3.02. The van der Waals surface area contributed by atoms with Gasteiger partial charge < -0.3 is 4.98 Å². The molecule has 0 radical (unpaired) electrons. The summed E-state index contributed by atoms with van der Waals surface area (Å²) >= 11 is 0. The van der Waals surface area contributed by atoms with Crippen LogP contribution in [0.15, 0.2) is 18.6 Å². The molecule has 0 aliphatic rings. The van der Waals surface area contributed by atoms with Crippen molar-refractivity contribution in [3.8, 4) is 0 Å². The maximum Gasteiger partial charge on any atom is 0.140 e. The van der Waals surface area contributed by atoms with Crippen molar-refractivity contribution in [2.75, 3.05) is 0 Å². The molecule has 2 heterocycles. The Morgan fingerprint density at radius 3 is 2.23 bits per heavy atom. The fraction of sp³-hybridized carbons (Fsp3) is 0.684. The van der Waals surface area contributed by atoms with Gasteiger partial charge in [0.25, 0.3) is 0 Å². The lowest BCUT2D eigenvalue weighted by atomic mass is 9.90. The summed E-state index contributed by atoms with van der Waals surface area (Å²) in [5, 5.41) is 1.22. The van der Waals surface area contributed by atoms with E-state index in [9.17, 15) is 0 Å². The molecular weight excluding hydrogens is 270 g/mol. The van der Waals surface area contributed by atoms with Crippen LogP contribution in [0, 0.1) is 0 Å². The lowest BCUT2D eigenvalue weighted by Crippen LogP contribution is -2.04. The van der Waals surface area contributed by atoms with E-state index >= 15 is 0 Å². The van der Waals surface area contributed by atoms with Gasteiger partial charge in [0.05, 0.1) is 5.69 Å². The molecule has 0 saturated carbocycles. The fourth-order valence-electron chi connectivity index (χ4n) is 3.27. The fourth-order valence-corrected chi connectivity index (χ4v) is 3.27. The second kappa shape index (κ2) is 9.60. The Morgan fingerprint density at radius 2 is 1.59 bits per heavy atom. The summed E-state index contributed by atoms with van der Waals surface area (Å²) in [6.45, 7) is 4.55. The van der Waals surface area contributed by atoms with E-state index in [1.807, 2.05) is 6.20 Å². The van der Waals surface area contributed by atoms with E-state index in [4.69, 9.17) is 0 Å². The number of aromatic nitrogens is 3. The largest absolute Gasteiger partial charge is 0.346 e. The predicted octanol–water partition coefficient (Wildman–Crippen LogP) is 5.98.